The van der Waals surface area contributed by atoms with E-state index in [-0.39, 0.29) is 24.4 Å². The largest absolute Gasteiger partial charge is 0.388 e. The average molecular weight is 458 g/mol. The lowest BCUT2D eigenvalue weighted by atomic mass is 10.0. The molecule has 2 aromatic carbocycles. The lowest BCUT2D eigenvalue weighted by Crippen LogP contribution is -2.40. The van der Waals surface area contributed by atoms with E-state index < -0.39 is 17.4 Å². The van der Waals surface area contributed by atoms with Gasteiger partial charge in [-0.2, -0.15) is 4.98 Å². The van der Waals surface area contributed by atoms with Crippen LogP contribution in [-0.2, 0) is 6.54 Å². The summed E-state index contributed by atoms with van der Waals surface area (Å²) in [7, 11) is 0. The molecule has 0 spiro atoms. The fourth-order valence-corrected chi connectivity index (χ4v) is 2.84. The Balaban J connectivity index is 1.87. The van der Waals surface area contributed by atoms with Gasteiger partial charge in [-0.3, -0.25) is 0 Å². The lowest BCUT2D eigenvalue weighted by molar-refractivity contribution is 0.0646. The van der Waals surface area contributed by atoms with Crippen LogP contribution in [0.1, 0.15) is 26.3 Å². The molecule has 1 heterocycles. The van der Waals surface area contributed by atoms with E-state index in [1.54, 1.807) is 39.0 Å². The van der Waals surface area contributed by atoms with Gasteiger partial charge in [-0.25, -0.2) is 19.1 Å². The van der Waals surface area contributed by atoms with Crippen molar-refractivity contribution in [1.82, 2.24) is 15.3 Å². The molecule has 32 heavy (non-hydrogen) atoms. The number of benzene rings is 2. The molecule has 7 nitrogen and oxygen atoms in total. The van der Waals surface area contributed by atoms with Crippen molar-refractivity contribution in [1.29, 1.82) is 0 Å². The number of urea groups is 1. The Labute approximate surface area is 191 Å². The first-order valence-corrected chi connectivity index (χ1v) is 10.4. The van der Waals surface area contributed by atoms with Crippen LogP contribution in [0.5, 0.6) is 0 Å². The van der Waals surface area contributed by atoms with E-state index in [2.05, 4.69) is 20.6 Å². The fourth-order valence-electron chi connectivity index (χ4n) is 2.72. The molecule has 1 atom stereocenters. The number of aromatic nitrogens is 2. The van der Waals surface area contributed by atoms with Crippen molar-refractivity contribution >= 4 is 35.1 Å². The van der Waals surface area contributed by atoms with E-state index in [4.69, 9.17) is 11.6 Å². The van der Waals surface area contributed by atoms with E-state index in [9.17, 15) is 14.3 Å². The zero-order valence-corrected chi connectivity index (χ0v) is 18.8. The predicted molar refractivity (Wildman–Crippen MR) is 124 cm³/mol. The van der Waals surface area contributed by atoms with E-state index >= 15 is 0 Å². The lowest BCUT2D eigenvalue weighted by Gasteiger charge is -2.27. The van der Waals surface area contributed by atoms with Gasteiger partial charge < -0.3 is 15.7 Å². The van der Waals surface area contributed by atoms with Gasteiger partial charge in [-0.05, 0) is 62.7 Å². The van der Waals surface area contributed by atoms with Crippen molar-refractivity contribution in [2.45, 2.75) is 39.0 Å². The van der Waals surface area contributed by atoms with Gasteiger partial charge in [-0.15, -0.1) is 0 Å². The number of halogens is 2. The smallest absolute Gasteiger partial charge is 0.327 e. The van der Waals surface area contributed by atoms with Gasteiger partial charge in [0.15, 0.2) is 0 Å². The van der Waals surface area contributed by atoms with Gasteiger partial charge in [0, 0.05) is 23.8 Å². The molecule has 0 aliphatic rings. The van der Waals surface area contributed by atoms with Crippen LogP contribution < -0.4 is 15.5 Å². The Kier molecular flexibility index (Phi) is 7.27. The van der Waals surface area contributed by atoms with Crippen LogP contribution in [0.4, 0.5) is 26.6 Å². The Bertz CT molecular complexity index is 1060. The van der Waals surface area contributed by atoms with Crippen LogP contribution in [0, 0.1) is 5.82 Å². The van der Waals surface area contributed by atoms with Crippen LogP contribution in [0.2, 0.25) is 5.02 Å². The van der Waals surface area contributed by atoms with Gasteiger partial charge in [0.05, 0.1) is 17.3 Å². The van der Waals surface area contributed by atoms with E-state index in [0.717, 1.165) is 5.56 Å². The van der Waals surface area contributed by atoms with Gasteiger partial charge >= 0.3 is 6.03 Å². The highest BCUT2D eigenvalue weighted by molar-refractivity contribution is 6.30. The zero-order chi connectivity index (χ0) is 23.3. The Hall–Kier alpha value is -3.23. The first-order chi connectivity index (χ1) is 15.1. The normalized spacial score (nSPS) is 12.2. The van der Waals surface area contributed by atoms with Crippen molar-refractivity contribution in [3.05, 3.63) is 77.2 Å². The number of rotatable bonds is 7. The third kappa shape index (κ3) is 6.15. The topological polar surface area (TPSA) is 90.4 Å². The van der Waals surface area contributed by atoms with Gasteiger partial charge in [-0.1, -0.05) is 23.7 Å². The number of carbonyl (C=O) groups is 1. The minimum absolute atomic E-state index is 0.245. The molecule has 3 N–H and O–H groups in total. The first kappa shape index (κ1) is 23.4. The summed E-state index contributed by atoms with van der Waals surface area (Å²) in [5, 5.41) is 16.7. The molecule has 0 bridgehead atoms. The third-order valence-electron chi connectivity index (χ3n) is 4.92. The quantitative estimate of drug-likeness (QED) is 0.470. The number of nitrogens with one attached hydrogen (secondary N) is 2. The second kappa shape index (κ2) is 9.93. The molecule has 0 radical (unpaired) electrons. The third-order valence-corrected chi connectivity index (χ3v) is 5.17. The van der Waals surface area contributed by atoms with Crippen LogP contribution in [0.15, 0.2) is 60.8 Å². The standard InChI is InChI=1S/C23H25ClFN5O2/c1-15(23(2,3)32)28-21-26-13-12-20(29-21)30(19-10-8-18(25)9-11-19)22(31)27-14-16-4-6-17(24)7-5-16/h4-13,15,32H,14H2,1-3H3,(H,27,31)(H,26,28,29). The maximum absolute atomic E-state index is 13.5. The maximum Gasteiger partial charge on any atom is 0.327 e. The summed E-state index contributed by atoms with van der Waals surface area (Å²) in [5.41, 5.74) is 0.289. The molecule has 0 aliphatic heterocycles. The van der Waals surface area contributed by atoms with E-state index in [1.165, 1.54) is 35.4 Å². The Morgan fingerprint density at radius 1 is 1.16 bits per heavy atom. The molecule has 0 aliphatic carbocycles. The number of carbonyl (C=O) groups excluding carboxylic acids is 1. The molecule has 9 heteroatoms. The van der Waals surface area contributed by atoms with Crippen molar-refractivity contribution in [3.63, 3.8) is 0 Å². The number of nitrogens with zero attached hydrogens (tertiary/aromatic N) is 3. The van der Waals surface area contributed by atoms with Crippen molar-refractivity contribution in [2.75, 3.05) is 10.2 Å². The maximum atomic E-state index is 13.5. The fraction of sp³-hybridized carbons (Fsp3) is 0.261. The molecule has 1 unspecified atom stereocenters. The molecule has 0 fully saturated rings. The number of anilines is 3. The second-order valence-electron chi connectivity index (χ2n) is 7.86. The average Bonchev–Trinajstić information content (AvgIpc) is 2.74. The number of hydrogen-bond donors (Lipinski definition) is 3. The molecule has 2 amide bonds. The van der Waals surface area contributed by atoms with Crippen LogP contribution >= 0.6 is 11.6 Å². The number of hydrogen-bond acceptors (Lipinski definition) is 5. The Morgan fingerprint density at radius 3 is 2.44 bits per heavy atom. The summed E-state index contributed by atoms with van der Waals surface area (Å²) in [5.74, 6) is 0.111. The summed E-state index contributed by atoms with van der Waals surface area (Å²) >= 11 is 5.91. The van der Waals surface area contributed by atoms with E-state index in [1.807, 2.05) is 12.1 Å². The summed E-state index contributed by atoms with van der Waals surface area (Å²) < 4.78 is 13.5. The second-order valence-corrected chi connectivity index (χ2v) is 8.29. The van der Waals surface area contributed by atoms with Crippen molar-refractivity contribution < 1.29 is 14.3 Å². The van der Waals surface area contributed by atoms with Crippen molar-refractivity contribution in [3.8, 4) is 0 Å². The molecule has 168 valence electrons. The first-order valence-electron chi connectivity index (χ1n) is 10.0. The van der Waals surface area contributed by atoms with Gasteiger partial charge in [0.2, 0.25) is 5.95 Å². The molecule has 0 saturated heterocycles. The molecule has 3 rings (SSSR count). The zero-order valence-electron chi connectivity index (χ0n) is 18.0. The van der Waals surface area contributed by atoms with Gasteiger partial charge in [0.25, 0.3) is 0 Å². The predicted octanol–water partition coefficient (Wildman–Crippen LogP) is 4.89. The molecule has 0 saturated carbocycles. The summed E-state index contributed by atoms with van der Waals surface area (Å²) in [6, 6.07) is 13.4. The summed E-state index contributed by atoms with van der Waals surface area (Å²) in [6.07, 6.45) is 1.50. The molecule has 3 aromatic rings. The van der Waals surface area contributed by atoms with Gasteiger partial charge in [0.1, 0.15) is 11.6 Å². The number of amides is 2. The van der Waals surface area contributed by atoms with Crippen LogP contribution in [0.25, 0.3) is 0 Å². The highest BCUT2D eigenvalue weighted by Gasteiger charge is 2.24. The molecular weight excluding hydrogens is 433 g/mol. The minimum atomic E-state index is -1.01. The monoisotopic (exact) mass is 457 g/mol. The van der Waals surface area contributed by atoms with Crippen LogP contribution in [0.3, 0.4) is 0 Å². The SMILES string of the molecule is CC(Nc1nccc(N(C(=O)NCc2ccc(Cl)cc2)c2ccc(F)cc2)n1)C(C)(C)O. The number of aliphatic hydroxyl groups is 1. The molecular formula is C23H25ClFN5O2. The highest BCUT2D eigenvalue weighted by atomic mass is 35.5. The Morgan fingerprint density at radius 2 is 1.81 bits per heavy atom. The minimum Gasteiger partial charge on any atom is -0.388 e. The van der Waals surface area contributed by atoms with Crippen molar-refractivity contribution in [2.24, 2.45) is 0 Å². The van der Waals surface area contributed by atoms with Crippen LogP contribution in [-0.4, -0.2) is 32.7 Å². The summed E-state index contributed by atoms with van der Waals surface area (Å²) in [6.45, 7) is 5.40. The molecule has 1 aromatic heterocycles. The summed E-state index contributed by atoms with van der Waals surface area (Å²) in [4.78, 5) is 23.1. The van der Waals surface area contributed by atoms with E-state index in [0.29, 0.717) is 10.7 Å². The highest BCUT2D eigenvalue weighted by Crippen LogP contribution is 2.25.